The van der Waals surface area contributed by atoms with Crippen molar-refractivity contribution >= 4 is 11.9 Å². The number of carbonyl (C=O) groups excluding carboxylic acids is 2. The molecular formula is C16H30N4O2. The number of nitrogens with zero attached hydrogens (tertiary/aromatic N) is 2. The molecule has 2 aliphatic rings. The van der Waals surface area contributed by atoms with Crippen LogP contribution in [-0.2, 0) is 4.79 Å². The van der Waals surface area contributed by atoms with Gasteiger partial charge in [0.15, 0.2) is 0 Å². The van der Waals surface area contributed by atoms with Crippen LogP contribution in [0.2, 0.25) is 0 Å². The number of amides is 3. The minimum Gasteiger partial charge on any atom is -0.341 e. The van der Waals surface area contributed by atoms with Crippen molar-refractivity contribution in [3.8, 4) is 0 Å². The van der Waals surface area contributed by atoms with Crippen molar-refractivity contribution in [2.45, 2.75) is 38.5 Å². The predicted molar refractivity (Wildman–Crippen MR) is 86.7 cm³/mol. The van der Waals surface area contributed by atoms with E-state index in [1.54, 1.807) is 0 Å². The summed E-state index contributed by atoms with van der Waals surface area (Å²) < 4.78 is 0. The van der Waals surface area contributed by atoms with Gasteiger partial charge < -0.3 is 10.2 Å². The van der Waals surface area contributed by atoms with Crippen LogP contribution < -0.4 is 10.6 Å². The Balaban J connectivity index is 1.73. The van der Waals surface area contributed by atoms with Crippen LogP contribution in [0.3, 0.4) is 0 Å². The second-order valence-corrected chi connectivity index (χ2v) is 6.59. The first-order valence-corrected chi connectivity index (χ1v) is 8.63. The van der Waals surface area contributed by atoms with E-state index >= 15 is 0 Å². The number of urea groups is 1. The fraction of sp³-hybridized carbons (Fsp3) is 0.875. The molecule has 22 heavy (non-hydrogen) atoms. The van der Waals surface area contributed by atoms with Gasteiger partial charge in [0.05, 0.1) is 6.54 Å². The molecule has 2 heterocycles. The molecule has 1 unspecified atom stereocenters. The highest BCUT2D eigenvalue weighted by Gasteiger charge is 2.24. The molecule has 3 amide bonds. The maximum absolute atomic E-state index is 11.8. The molecule has 0 radical (unpaired) electrons. The predicted octanol–water partition coefficient (Wildman–Crippen LogP) is 1.03. The summed E-state index contributed by atoms with van der Waals surface area (Å²) in [7, 11) is 1.51. The molecule has 0 aromatic heterocycles. The summed E-state index contributed by atoms with van der Waals surface area (Å²) in [6.07, 6.45) is 7.78. The second-order valence-electron chi connectivity index (χ2n) is 6.59. The van der Waals surface area contributed by atoms with Crippen LogP contribution >= 0.6 is 0 Å². The molecule has 0 aliphatic carbocycles. The molecule has 2 N–H and O–H groups in total. The van der Waals surface area contributed by atoms with Gasteiger partial charge in [0.25, 0.3) is 0 Å². The van der Waals surface area contributed by atoms with Gasteiger partial charge in [-0.15, -0.1) is 0 Å². The van der Waals surface area contributed by atoms with E-state index in [-0.39, 0.29) is 5.91 Å². The number of nitrogens with one attached hydrogen (secondary N) is 2. The average molecular weight is 310 g/mol. The summed E-state index contributed by atoms with van der Waals surface area (Å²) in [5.41, 5.74) is 0. The van der Waals surface area contributed by atoms with E-state index in [2.05, 4.69) is 20.4 Å². The molecule has 2 saturated heterocycles. The van der Waals surface area contributed by atoms with Crippen LogP contribution in [0.15, 0.2) is 0 Å². The lowest BCUT2D eigenvalue weighted by molar-refractivity contribution is -0.121. The van der Waals surface area contributed by atoms with E-state index < -0.39 is 6.03 Å². The number of hydrogen-bond acceptors (Lipinski definition) is 4. The second kappa shape index (κ2) is 9.10. The van der Waals surface area contributed by atoms with Gasteiger partial charge in [0.2, 0.25) is 5.91 Å². The number of imide groups is 1. The van der Waals surface area contributed by atoms with E-state index in [0.29, 0.717) is 12.5 Å². The summed E-state index contributed by atoms with van der Waals surface area (Å²) >= 11 is 0. The number of carbonyl (C=O) groups is 2. The van der Waals surface area contributed by atoms with Crippen LogP contribution in [0.5, 0.6) is 0 Å². The number of hydrogen-bond donors (Lipinski definition) is 2. The Labute approximate surface area is 133 Å². The molecule has 126 valence electrons. The summed E-state index contributed by atoms with van der Waals surface area (Å²) in [4.78, 5) is 27.7. The number of likely N-dealkylation sites (tertiary alicyclic amines) is 2. The summed E-state index contributed by atoms with van der Waals surface area (Å²) in [5.74, 6) is 0.439. The van der Waals surface area contributed by atoms with Crippen molar-refractivity contribution in [3.05, 3.63) is 0 Å². The van der Waals surface area contributed by atoms with Crippen LogP contribution in [0, 0.1) is 5.92 Å². The number of piperidine rings is 1. The van der Waals surface area contributed by atoms with Gasteiger partial charge in [-0.1, -0.05) is 12.8 Å². The molecule has 2 fully saturated rings. The van der Waals surface area contributed by atoms with Crippen LogP contribution in [0.4, 0.5) is 4.79 Å². The summed E-state index contributed by atoms with van der Waals surface area (Å²) in [5, 5.41) is 4.75. The molecule has 2 rings (SSSR count). The zero-order chi connectivity index (χ0) is 15.8. The molecule has 6 nitrogen and oxygen atoms in total. The Bertz CT molecular complexity index is 367. The van der Waals surface area contributed by atoms with Gasteiger partial charge in [0, 0.05) is 20.1 Å². The third kappa shape index (κ3) is 5.93. The highest BCUT2D eigenvalue weighted by Crippen LogP contribution is 2.19. The van der Waals surface area contributed by atoms with Crippen molar-refractivity contribution in [1.29, 1.82) is 0 Å². The zero-order valence-electron chi connectivity index (χ0n) is 13.8. The molecular weight excluding hydrogens is 280 g/mol. The van der Waals surface area contributed by atoms with E-state index in [1.807, 2.05) is 0 Å². The van der Waals surface area contributed by atoms with Crippen molar-refractivity contribution in [2.24, 2.45) is 5.92 Å². The monoisotopic (exact) mass is 310 g/mol. The topological polar surface area (TPSA) is 64.7 Å². The third-order valence-corrected chi connectivity index (χ3v) is 4.67. The number of rotatable bonds is 4. The largest absolute Gasteiger partial charge is 0.341 e. The quantitative estimate of drug-likeness (QED) is 0.814. The fourth-order valence-corrected chi connectivity index (χ4v) is 3.56. The SMILES string of the molecule is CNC(=O)NC(=O)CN1CCCC(CN2CCCCCC2)C1. The highest BCUT2D eigenvalue weighted by atomic mass is 16.2. The molecule has 6 heteroatoms. The normalized spacial score (nSPS) is 24.5. The van der Waals surface area contributed by atoms with Crippen molar-refractivity contribution in [1.82, 2.24) is 20.4 Å². The first-order chi connectivity index (χ1) is 10.7. The minimum absolute atomic E-state index is 0.213. The van der Waals surface area contributed by atoms with Crippen LogP contribution in [0.1, 0.15) is 38.5 Å². The lowest BCUT2D eigenvalue weighted by Gasteiger charge is -2.35. The molecule has 1 atom stereocenters. The van der Waals surface area contributed by atoms with Gasteiger partial charge in [-0.2, -0.15) is 0 Å². The molecule has 0 aromatic carbocycles. The zero-order valence-corrected chi connectivity index (χ0v) is 13.8. The maximum Gasteiger partial charge on any atom is 0.321 e. The van der Waals surface area contributed by atoms with Crippen LogP contribution in [-0.4, -0.2) is 68.1 Å². The molecule has 0 bridgehead atoms. The highest BCUT2D eigenvalue weighted by molar-refractivity contribution is 5.95. The Kier molecular flexibility index (Phi) is 7.12. The standard InChI is InChI=1S/C16H30N4O2/c1-17-16(22)18-15(21)13-20-10-6-7-14(12-20)11-19-8-4-2-3-5-9-19/h14H,2-13H2,1H3,(H2,17,18,21,22). The first kappa shape index (κ1) is 17.2. The smallest absolute Gasteiger partial charge is 0.321 e. The average Bonchev–Trinajstić information content (AvgIpc) is 2.76. The van der Waals surface area contributed by atoms with Gasteiger partial charge in [-0.25, -0.2) is 4.79 Å². The molecule has 0 aromatic rings. The Hall–Kier alpha value is -1.14. The minimum atomic E-state index is -0.428. The summed E-state index contributed by atoms with van der Waals surface area (Å²) in [6.45, 7) is 5.87. The Morgan fingerprint density at radius 1 is 1.00 bits per heavy atom. The first-order valence-electron chi connectivity index (χ1n) is 8.63. The van der Waals surface area contributed by atoms with E-state index in [9.17, 15) is 9.59 Å². The van der Waals surface area contributed by atoms with E-state index in [4.69, 9.17) is 0 Å². The Morgan fingerprint density at radius 3 is 2.36 bits per heavy atom. The maximum atomic E-state index is 11.8. The van der Waals surface area contributed by atoms with Gasteiger partial charge in [-0.3, -0.25) is 15.0 Å². The van der Waals surface area contributed by atoms with Crippen molar-refractivity contribution in [3.63, 3.8) is 0 Å². The lowest BCUT2D eigenvalue weighted by Crippen LogP contribution is -2.47. The van der Waals surface area contributed by atoms with Crippen molar-refractivity contribution in [2.75, 3.05) is 46.3 Å². The van der Waals surface area contributed by atoms with Crippen molar-refractivity contribution < 1.29 is 9.59 Å². The van der Waals surface area contributed by atoms with Crippen LogP contribution in [0.25, 0.3) is 0 Å². The van der Waals surface area contributed by atoms with E-state index in [0.717, 1.165) is 26.1 Å². The molecule has 0 spiro atoms. The molecule has 2 aliphatic heterocycles. The molecule has 0 saturated carbocycles. The van der Waals surface area contributed by atoms with Gasteiger partial charge >= 0.3 is 6.03 Å². The third-order valence-electron chi connectivity index (χ3n) is 4.67. The summed E-state index contributed by atoms with van der Waals surface area (Å²) in [6, 6.07) is -0.428. The van der Waals surface area contributed by atoms with E-state index in [1.165, 1.54) is 52.2 Å². The lowest BCUT2D eigenvalue weighted by atomic mass is 9.97. The van der Waals surface area contributed by atoms with Gasteiger partial charge in [-0.05, 0) is 51.2 Å². The van der Waals surface area contributed by atoms with Gasteiger partial charge in [0.1, 0.15) is 0 Å². The fourth-order valence-electron chi connectivity index (χ4n) is 3.56. The Morgan fingerprint density at radius 2 is 1.68 bits per heavy atom.